The van der Waals surface area contributed by atoms with Gasteiger partial charge in [-0.25, -0.2) is 0 Å². The van der Waals surface area contributed by atoms with Crippen molar-refractivity contribution in [1.82, 2.24) is 10.5 Å². The zero-order chi connectivity index (χ0) is 17.6. The molecule has 0 saturated heterocycles. The van der Waals surface area contributed by atoms with E-state index < -0.39 is 0 Å². The molecule has 3 rings (SSSR count). The fourth-order valence-electron chi connectivity index (χ4n) is 2.68. The number of hydrogen-bond acceptors (Lipinski definition) is 4. The van der Waals surface area contributed by atoms with E-state index in [1.54, 1.807) is 7.11 Å². The second-order valence-corrected chi connectivity index (χ2v) is 6.41. The molecule has 0 fully saturated rings. The van der Waals surface area contributed by atoms with Crippen LogP contribution in [-0.2, 0) is 13.1 Å². The molecule has 1 N–H and O–H groups in total. The summed E-state index contributed by atoms with van der Waals surface area (Å²) in [7, 11) is 1.69. The van der Waals surface area contributed by atoms with Crippen LogP contribution < -0.4 is 10.1 Å². The number of nitrogens with zero attached hydrogens (tertiary/aromatic N) is 1. The molecular weight excluding hydrogens is 312 g/mol. The molecule has 0 spiro atoms. The van der Waals surface area contributed by atoms with Crippen molar-refractivity contribution in [2.75, 3.05) is 7.11 Å². The van der Waals surface area contributed by atoms with Gasteiger partial charge in [-0.3, -0.25) is 0 Å². The Kier molecular flexibility index (Phi) is 5.51. The second kappa shape index (κ2) is 7.99. The summed E-state index contributed by atoms with van der Waals surface area (Å²) in [5.41, 5.74) is 4.55. The van der Waals surface area contributed by atoms with E-state index in [1.165, 1.54) is 11.1 Å². The van der Waals surface area contributed by atoms with E-state index >= 15 is 0 Å². The Hall–Kier alpha value is -2.59. The number of nitrogens with one attached hydrogen (secondary N) is 1. The van der Waals surface area contributed by atoms with Crippen LogP contribution in [0.3, 0.4) is 0 Å². The summed E-state index contributed by atoms with van der Waals surface area (Å²) >= 11 is 0. The highest BCUT2D eigenvalue weighted by molar-refractivity contribution is 5.65. The van der Waals surface area contributed by atoms with Crippen molar-refractivity contribution in [2.24, 2.45) is 0 Å². The first kappa shape index (κ1) is 17.2. The maximum absolute atomic E-state index is 5.36. The first-order chi connectivity index (χ1) is 12.2. The van der Waals surface area contributed by atoms with Crippen molar-refractivity contribution in [2.45, 2.75) is 32.9 Å². The lowest BCUT2D eigenvalue weighted by molar-refractivity contribution is 0.365. The highest BCUT2D eigenvalue weighted by Gasteiger charge is 2.07. The lowest BCUT2D eigenvalue weighted by Crippen LogP contribution is -2.12. The molecule has 4 heteroatoms. The standard InChI is InChI=1S/C21H24N2O2/c1-15(2)21-12-20(25-23-21)14-22-13-16-6-4-7-17(10-16)18-8-5-9-19(11-18)24-3/h4-12,15,22H,13-14H2,1-3H3. The van der Waals surface area contributed by atoms with Gasteiger partial charge in [0.2, 0.25) is 0 Å². The highest BCUT2D eigenvalue weighted by Crippen LogP contribution is 2.24. The van der Waals surface area contributed by atoms with Crippen LogP contribution in [0.1, 0.15) is 36.8 Å². The van der Waals surface area contributed by atoms with Crippen LogP contribution in [0, 0.1) is 0 Å². The molecule has 4 nitrogen and oxygen atoms in total. The number of benzene rings is 2. The van der Waals surface area contributed by atoms with Gasteiger partial charge in [0.05, 0.1) is 19.3 Å². The number of methoxy groups -OCH3 is 1. The van der Waals surface area contributed by atoms with Gasteiger partial charge in [-0.05, 0) is 40.8 Å². The third-order valence-corrected chi connectivity index (χ3v) is 4.13. The molecule has 0 unspecified atom stereocenters. The van der Waals surface area contributed by atoms with Gasteiger partial charge in [0.1, 0.15) is 5.75 Å². The van der Waals surface area contributed by atoms with Crippen LogP contribution in [0.2, 0.25) is 0 Å². The lowest BCUT2D eigenvalue weighted by atomic mass is 10.0. The average molecular weight is 336 g/mol. The predicted octanol–water partition coefficient (Wildman–Crippen LogP) is 4.76. The smallest absolute Gasteiger partial charge is 0.150 e. The van der Waals surface area contributed by atoms with Crippen LogP contribution in [0.4, 0.5) is 0 Å². The van der Waals surface area contributed by atoms with E-state index in [0.717, 1.165) is 29.3 Å². The lowest BCUT2D eigenvalue weighted by Gasteiger charge is -2.08. The minimum atomic E-state index is 0.386. The van der Waals surface area contributed by atoms with E-state index in [1.807, 2.05) is 18.2 Å². The molecule has 130 valence electrons. The van der Waals surface area contributed by atoms with Crippen molar-refractivity contribution < 1.29 is 9.26 Å². The van der Waals surface area contributed by atoms with Crippen molar-refractivity contribution in [3.63, 3.8) is 0 Å². The van der Waals surface area contributed by atoms with Crippen molar-refractivity contribution >= 4 is 0 Å². The number of ether oxygens (including phenoxy) is 1. The first-order valence-electron chi connectivity index (χ1n) is 8.55. The van der Waals surface area contributed by atoms with E-state index in [2.05, 4.69) is 60.7 Å². The van der Waals surface area contributed by atoms with E-state index in [0.29, 0.717) is 12.5 Å². The van der Waals surface area contributed by atoms with Gasteiger partial charge in [-0.15, -0.1) is 0 Å². The Balaban J connectivity index is 1.63. The molecule has 1 aromatic heterocycles. The zero-order valence-electron chi connectivity index (χ0n) is 15.0. The van der Waals surface area contributed by atoms with Crippen LogP contribution in [0.15, 0.2) is 59.1 Å². The molecule has 0 radical (unpaired) electrons. The SMILES string of the molecule is COc1cccc(-c2cccc(CNCc3cc(C(C)C)no3)c2)c1. The zero-order valence-corrected chi connectivity index (χ0v) is 15.0. The topological polar surface area (TPSA) is 47.3 Å². The minimum absolute atomic E-state index is 0.386. The summed E-state index contributed by atoms with van der Waals surface area (Å²) < 4.78 is 10.7. The van der Waals surface area contributed by atoms with Gasteiger partial charge < -0.3 is 14.6 Å². The Morgan fingerprint density at radius 1 is 1.00 bits per heavy atom. The molecule has 0 bridgehead atoms. The molecule has 0 amide bonds. The van der Waals surface area contributed by atoms with Gasteiger partial charge in [-0.2, -0.15) is 0 Å². The van der Waals surface area contributed by atoms with E-state index in [4.69, 9.17) is 9.26 Å². The fraction of sp³-hybridized carbons (Fsp3) is 0.286. The average Bonchev–Trinajstić information content (AvgIpc) is 3.11. The molecule has 0 aliphatic rings. The van der Waals surface area contributed by atoms with Gasteiger partial charge in [0.15, 0.2) is 5.76 Å². The normalized spacial score (nSPS) is 11.0. The van der Waals surface area contributed by atoms with E-state index in [9.17, 15) is 0 Å². The van der Waals surface area contributed by atoms with Crippen molar-refractivity contribution in [3.8, 4) is 16.9 Å². The quantitative estimate of drug-likeness (QED) is 0.675. The highest BCUT2D eigenvalue weighted by atomic mass is 16.5. The van der Waals surface area contributed by atoms with Crippen molar-refractivity contribution in [1.29, 1.82) is 0 Å². The van der Waals surface area contributed by atoms with Crippen LogP contribution >= 0.6 is 0 Å². The molecule has 3 aromatic rings. The molecule has 0 aliphatic carbocycles. The maximum Gasteiger partial charge on any atom is 0.150 e. The summed E-state index contributed by atoms with van der Waals surface area (Å²) in [6.07, 6.45) is 0. The Labute approximate surface area is 148 Å². The molecule has 2 aromatic carbocycles. The molecule has 25 heavy (non-hydrogen) atoms. The Morgan fingerprint density at radius 3 is 2.48 bits per heavy atom. The number of rotatable bonds is 7. The third kappa shape index (κ3) is 4.48. The van der Waals surface area contributed by atoms with Gasteiger partial charge in [-0.1, -0.05) is 49.3 Å². The summed E-state index contributed by atoms with van der Waals surface area (Å²) in [5, 5.41) is 7.50. The Bertz CT molecular complexity index is 824. The van der Waals surface area contributed by atoms with Gasteiger partial charge in [0, 0.05) is 12.6 Å². The van der Waals surface area contributed by atoms with Crippen LogP contribution in [0.5, 0.6) is 5.75 Å². The summed E-state index contributed by atoms with van der Waals surface area (Å²) in [6, 6.07) is 18.6. The van der Waals surface area contributed by atoms with E-state index in [-0.39, 0.29) is 0 Å². The van der Waals surface area contributed by atoms with Crippen molar-refractivity contribution in [3.05, 3.63) is 71.6 Å². The second-order valence-electron chi connectivity index (χ2n) is 6.41. The number of aromatic nitrogens is 1. The van der Waals surface area contributed by atoms with Gasteiger partial charge in [0.25, 0.3) is 0 Å². The molecule has 0 aliphatic heterocycles. The maximum atomic E-state index is 5.36. The first-order valence-corrected chi connectivity index (χ1v) is 8.55. The summed E-state index contributed by atoms with van der Waals surface area (Å²) in [4.78, 5) is 0. The van der Waals surface area contributed by atoms with Gasteiger partial charge >= 0.3 is 0 Å². The van der Waals surface area contributed by atoms with Crippen LogP contribution in [0.25, 0.3) is 11.1 Å². The molecule has 0 saturated carbocycles. The minimum Gasteiger partial charge on any atom is -0.497 e. The largest absolute Gasteiger partial charge is 0.497 e. The third-order valence-electron chi connectivity index (χ3n) is 4.13. The Morgan fingerprint density at radius 2 is 1.76 bits per heavy atom. The fourth-order valence-corrected chi connectivity index (χ4v) is 2.68. The number of hydrogen-bond donors (Lipinski definition) is 1. The molecular formula is C21H24N2O2. The molecule has 1 heterocycles. The molecule has 0 atom stereocenters. The summed E-state index contributed by atoms with van der Waals surface area (Å²) in [5.74, 6) is 2.12. The predicted molar refractivity (Wildman–Crippen MR) is 99.6 cm³/mol. The summed E-state index contributed by atoms with van der Waals surface area (Å²) in [6.45, 7) is 5.66. The van der Waals surface area contributed by atoms with Crippen LogP contribution in [-0.4, -0.2) is 12.3 Å². The monoisotopic (exact) mass is 336 g/mol.